The van der Waals surface area contributed by atoms with Crippen LogP contribution in [0.3, 0.4) is 0 Å². The monoisotopic (exact) mass is 266 g/mol. The van der Waals surface area contributed by atoms with E-state index in [0.29, 0.717) is 11.9 Å². The third kappa shape index (κ3) is 3.54. The van der Waals surface area contributed by atoms with Crippen LogP contribution in [0.1, 0.15) is 30.7 Å². The maximum atomic E-state index is 5.52. The number of anilines is 1. The first-order valence-electron chi connectivity index (χ1n) is 6.12. The Morgan fingerprint density at radius 2 is 2.33 bits per heavy atom. The summed E-state index contributed by atoms with van der Waals surface area (Å²) in [5, 5.41) is 16.4. The van der Waals surface area contributed by atoms with Gasteiger partial charge in [0.2, 0.25) is 5.89 Å². The highest BCUT2D eigenvalue weighted by molar-refractivity contribution is 7.09. The molecule has 0 aliphatic carbocycles. The molecule has 2 heterocycles. The molecule has 0 saturated heterocycles. The van der Waals surface area contributed by atoms with Crippen molar-refractivity contribution >= 4 is 17.4 Å². The van der Waals surface area contributed by atoms with Gasteiger partial charge in [-0.1, -0.05) is 18.1 Å². The molecule has 2 N–H and O–H groups in total. The molecule has 98 valence electrons. The lowest BCUT2D eigenvalue weighted by Gasteiger charge is -2.05. The average Bonchev–Trinajstić information content (AvgIpc) is 3.00. The average molecular weight is 266 g/mol. The fraction of sp³-hybridized carbons (Fsp3) is 0.500. The van der Waals surface area contributed by atoms with E-state index < -0.39 is 0 Å². The van der Waals surface area contributed by atoms with Gasteiger partial charge in [-0.05, 0) is 31.3 Å². The number of hydrogen-bond donors (Lipinski definition) is 2. The molecule has 0 aliphatic heterocycles. The third-order valence-electron chi connectivity index (χ3n) is 2.55. The molecule has 0 bridgehead atoms. The van der Waals surface area contributed by atoms with Gasteiger partial charge in [-0.25, -0.2) is 0 Å². The van der Waals surface area contributed by atoms with Crippen molar-refractivity contribution in [3.63, 3.8) is 0 Å². The summed E-state index contributed by atoms with van der Waals surface area (Å²) in [5.74, 6) is 0.621. The molecule has 0 amide bonds. The van der Waals surface area contributed by atoms with Crippen molar-refractivity contribution in [3.05, 3.63) is 28.3 Å². The summed E-state index contributed by atoms with van der Waals surface area (Å²) in [4.78, 5) is 1.35. The molecular weight excluding hydrogens is 248 g/mol. The third-order valence-corrected chi connectivity index (χ3v) is 3.49. The smallest absolute Gasteiger partial charge is 0.315 e. The van der Waals surface area contributed by atoms with E-state index in [0.717, 1.165) is 19.5 Å². The zero-order chi connectivity index (χ0) is 12.8. The van der Waals surface area contributed by atoms with Crippen LogP contribution in [0, 0.1) is 0 Å². The minimum Gasteiger partial charge on any atom is -0.406 e. The van der Waals surface area contributed by atoms with Crippen molar-refractivity contribution in [3.8, 4) is 0 Å². The Morgan fingerprint density at radius 1 is 1.44 bits per heavy atom. The Hall–Kier alpha value is -1.40. The Kier molecular flexibility index (Phi) is 4.72. The van der Waals surface area contributed by atoms with Crippen molar-refractivity contribution < 1.29 is 4.42 Å². The van der Waals surface area contributed by atoms with Gasteiger partial charge in [0.25, 0.3) is 0 Å². The first-order chi connectivity index (χ1) is 8.79. The second-order valence-electron chi connectivity index (χ2n) is 3.98. The second kappa shape index (κ2) is 6.51. The summed E-state index contributed by atoms with van der Waals surface area (Å²) < 4.78 is 5.52. The number of nitrogens with zero attached hydrogens (tertiary/aromatic N) is 2. The molecular formula is C12H18N4OS. The Bertz CT molecular complexity index is 454. The highest BCUT2D eigenvalue weighted by atomic mass is 32.1. The largest absolute Gasteiger partial charge is 0.406 e. The summed E-state index contributed by atoms with van der Waals surface area (Å²) >= 11 is 1.76. The van der Waals surface area contributed by atoms with Crippen LogP contribution >= 0.6 is 11.3 Å². The lowest BCUT2D eigenvalue weighted by atomic mass is 10.3. The maximum Gasteiger partial charge on any atom is 0.315 e. The highest BCUT2D eigenvalue weighted by Crippen LogP contribution is 2.14. The molecule has 0 spiro atoms. The van der Waals surface area contributed by atoms with Gasteiger partial charge in [0.05, 0.1) is 6.04 Å². The lowest BCUT2D eigenvalue weighted by molar-refractivity contribution is 0.429. The highest BCUT2D eigenvalue weighted by Gasteiger charge is 2.12. The Labute approximate surface area is 111 Å². The van der Waals surface area contributed by atoms with Gasteiger partial charge in [-0.3, -0.25) is 0 Å². The quantitative estimate of drug-likeness (QED) is 0.806. The maximum absolute atomic E-state index is 5.52. The van der Waals surface area contributed by atoms with E-state index in [2.05, 4.69) is 38.3 Å². The minimum absolute atomic E-state index is 0.0929. The molecule has 1 unspecified atom stereocenters. The van der Waals surface area contributed by atoms with E-state index in [1.165, 1.54) is 4.88 Å². The second-order valence-corrected chi connectivity index (χ2v) is 5.01. The van der Waals surface area contributed by atoms with Crippen LogP contribution in [0.25, 0.3) is 0 Å². The molecule has 0 aromatic carbocycles. The van der Waals surface area contributed by atoms with E-state index in [9.17, 15) is 0 Å². The van der Waals surface area contributed by atoms with Crippen LogP contribution in [0.5, 0.6) is 0 Å². The van der Waals surface area contributed by atoms with Crippen molar-refractivity contribution in [2.24, 2.45) is 0 Å². The van der Waals surface area contributed by atoms with E-state index in [-0.39, 0.29) is 6.04 Å². The van der Waals surface area contributed by atoms with Crippen LogP contribution in [0.2, 0.25) is 0 Å². The van der Waals surface area contributed by atoms with Crippen molar-refractivity contribution in [2.45, 2.75) is 26.3 Å². The van der Waals surface area contributed by atoms with E-state index in [4.69, 9.17) is 4.42 Å². The predicted octanol–water partition coefficient (Wildman–Crippen LogP) is 2.46. The zero-order valence-electron chi connectivity index (χ0n) is 10.6. The topological polar surface area (TPSA) is 63.0 Å². The van der Waals surface area contributed by atoms with Gasteiger partial charge in [0, 0.05) is 11.4 Å². The predicted molar refractivity (Wildman–Crippen MR) is 72.9 cm³/mol. The molecule has 0 radical (unpaired) electrons. The number of nitrogens with one attached hydrogen (secondary N) is 2. The number of aromatic nitrogens is 2. The van der Waals surface area contributed by atoms with E-state index >= 15 is 0 Å². The van der Waals surface area contributed by atoms with Gasteiger partial charge in [0.1, 0.15) is 0 Å². The number of thiophene rings is 1. The molecule has 0 aliphatic rings. The van der Waals surface area contributed by atoms with Gasteiger partial charge in [0.15, 0.2) is 0 Å². The molecule has 2 rings (SSSR count). The summed E-state index contributed by atoms with van der Waals surface area (Å²) in [7, 11) is 0. The Balaban J connectivity index is 1.79. The van der Waals surface area contributed by atoms with E-state index in [1.807, 2.05) is 13.8 Å². The molecule has 2 aromatic heterocycles. The molecule has 0 saturated carbocycles. The molecule has 18 heavy (non-hydrogen) atoms. The van der Waals surface area contributed by atoms with Crippen molar-refractivity contribution in [1.82, 2.24) is 15.5 Å². The normalized spacial score (nSPS) is 12.6. The van der Waals surface area contributed by atoms with Crippen LogP contribution in [0.15, 0.2) is 21.9 Å². The van der Waals surface area contributed by atoms with Crippen LogP contribution in [-0.2, 0) is 6.42 Å². The molecule has 1 atom stereocenters. The van der Waals surface area contributed by atoms with Gasteiger partial charge < -0.3 is 15.1 Å². The summed E-state index contributed by atoms with van der Waals surface area (Å²) in [6, 6.07) is 4.77. The van der Waals surface area contributed by atoms with Crippen molar-refractivity contribution in [2.75, 3.05) is 18.4 Å². The first kappa shape index (κ1) is 13.0. The number of hydrogen-bond acceptors (Lipinski definition) is 6. The fourth-order valence-corrected chi connectivity index (χ4v) is 2.33. The first-order valence-corrected chi connectivity index (χ1v) is 7.00. The molecule has 6 heteroatoms. The molecule has 0 fully saturated rings. The van der Waals surface area contributed by atoms with Crippen LogP contribution in [-0.4, -0.2) is 23.3 Å². The standard InChI is InChI=1S/C12H18N4OS/c1-3-13-9(2)11-15-16-12(17-11)14-7-6-10-5-4-8-18-10/h4-5,8-9,13H,3,6-7H2,1-2H3,(H,14,16). The summed E-state index contributed by atoms with van der Waals surface area (Å²) in [5.41, 5.74) is 0. The van der Waals surface area contributed by atoms with Gasteiger partial charge in [-0.15, -0.1) is 16.4 Å². The van der Waals surface area contributed by atoms with Crippen LogP contribution in [0.4, 0.5) is 6.01 Å². The molecule has 2 aromatic rings. The summed E-state index contributed by atoms with van der Waals surface area (Å²) in [6.45, 7) is 5.74. The van der Waals surface area contributed by atoms with Gasteiger partial charge >= 0.3 is 6.01 Å². The van der Waals surface area contributed by atoms with Crippen LogP contribution < -0.4 is 10.6 Å². The zero-order valence-corrected chi connectivity index (χ0v) is 11.5. The minimum atomic E-state index is 0.0929. The van der Waals surface area contributed by atoms with E-state index in [1.54, 1.807) is 11.3 Å². The summed E-state index contributed by atoms with van der Waals surface area (Å²) in [6.07, 6.45) is 0.970. The molecule has 5 nitrogen and oxygen atoms in total. The lowest BCUT2D eigenvalue weighted by Crippen LogP contribution is -2.17. The Morgan fingerprint density at radius 3 is 3.06 bits per heavy atom. The number of rotatable bonds is 7. The fourth-order valence-electron chi connectivity index (χ4n) is 1.62. The SMILES string of the molecule is CCNC(C)c1nnc(NCCc2cccs2)o1. The van der Waals surface area contributed by atoms with Gasteiger partial charge in [-0.2, -0.15) is 0 Å². The van der Waals surface area contributed by atoms with Crippen molar-refractivity contribution in [1.29, 1.82) is 0 Å².